The molecule has 7 heteroatoms. The lowest BCUT2D eigenvalue weighted by Gasteiger charge is -2.24. The zero-order chi connectivity index (χ0) is 16.0. The summed E-state index contributed by atoms with van der Waals surface area (Å²) in [7, 11) is 1.93. The summed E-state index contributed by atoms with van der Waals surface area (Å²) < 4.78 is 3.77. The molecular weight excluding hydrogens is 310 g/mol. The van der Waals surface area contributed by atoms with E-state index in [0.29, 0.717) is 0 Å². The topological polar surface area (TPSA) is 56.0 Å². The van der Waals surface area contributed by atoms with Crippen LogP contribution in [0.1, 0.15) is 28.2 Å². The molecule has 0 spiro atoms. The second kappa shape index (κ2) is 5.49. The summed E-state index contributed by atoms with van der Waals surface area (Å²) >= 11 is 1.54. The molecule has 0 aliphatic carbocycles. The average molecular weight is 329 g/mol. The Kier molecular flexibility index (Phi) is 3.45. The summed E-state index contributed by atoms with van der Waals surface area (Å²) in [5.74, 6) is 0.139. The maximum atomic E-state index is 13.0. The fourth-order valence-electron chi connectivity index (χ4n) is 3.37. The quantitative estimate of drug-likeness (QED) is 0.741. The molecule has 1 saturated heterocycles. The van der Waals surface area contributed by atoms with Crippen LogP contribution in [0, 0.1) is 6.92 Å². The van der Waals surface area contributed by atoms with Crippen molar-refractivity contribution < 1.29 is 4.79 Å². The molecule has 3 aromatic rings. The molecule has 6 nitrogen and oxygen atoms in total. The van der Waals surface area contributed by atoms with E-state index >= 15 is 0 Å². The van der Waals surface area contributed by atoms with Crippen LogP contribution in [0.15, 0.2) is 24.5 Å². The number of carbonyl (C=O) groups is 1. The number of rotatable bonds is 3. The molecular formula is C16H19N5OS. The zero-order valence-electron chi connectivity index (χ0n) is 13.3. The Morgan fingerprint density at radius 2 is 2.35 bits per heavy atom. The maximum absolute atomic E-state index is 13.0. The van der Waals surface area contributed by atoms with Gasteiger partial charge in [-0.25, -0.2) is 0 Å². The molecule has 3 aromatic heterocycles. The van der Waals surface area contributed by atoms with Crippen molar-refractivity contribution in [2.24, 2.45) is 7.05 Å². The van der Waals surface area contributed by atoms with Gasteiger partial charge >= 0.3 is 0 Å². The van der Waals surface area contributed by atoms with Gasteiger partial charge in [-0.1, -0.05) is 0 Å². The van der Waals surface area contributed by atoms with Gasteiger partial charge in [0.05, 0.1) is 23.2 Å². The van der Waals surface area contributed by atoms with E-state index in [1.54, 1.807) is 6.20 Å². The molecule has 1 aliphatic heterocycles. The molecule has 4 heterocycles. The first-order chi connectivity index (χ1) is 11.1. The van der Waals surface area contributed by atoms with Crippen molar-refractivity contribution in [2.45, 2.75) is 32.4 Å². The third-order valence-corrected chi connectivity index (χ3v) is 5.69. The van der Waals surface area contributed by atoms with Crippen LogP contribution in [0.3, 0.4) is 0 Å². The van der Waals surface area contributed by atoms with Gasteiger partial charge in [0.1, 0.15) is 4.83 Å². The molecule has 0 aromatic carbocycles. The van der Waals surface area contributed by atoms with Crippen molar-refractivity contribution >= 4 is 27.5 Å². The molecule has 1 amide bonds. The van der Waals surface area contributed by atoms with E-state index in [2.05, 4.69) is 10.2 Å². The number of nitrogens with zero attached hydrogens (tertiary/aromatic N) is 5. The Balaban J connectivity index is 1.60. The van der Waals surface area contributed by atoms with Crippen molar-refractivity contribution in [2.75, 3.05) is 6.54 Å². The number of thiophene rings is 1. The number of amides is 1. The predicted molar refractivity (Wildman–Crippen MR) is 89.6 cm³/mol. The van der Waals surface area contributed by atoms with Gasteiger partial charge in [-0.3, -0.25) is 14.2 Å². The molecule has 23 heavy (non-hydrogen) atoms. The molecule has 120 valence electrons. The first kappa shape index (κ1) is 14.4. The van der Waals surface area contributed by atoms with Crippen LogP contribution in [-0.4, -0.2) is 43.0 Å². The van der Waals surface area contributed by atoms with Gasteiger partial charge < -0.3 is 4.90 Å². The number of hydrogen-bond acceptors (Lipinski definition) is 4. The van der Waals surface area contributed by atoms with Crippen LogP contribution in [0.2, 0.25) is 0 Å². The second-order valence-corrected chi connectivity index (χ2v) is 7.09. The fraction of sp³-hybridized carbons (Fsp3) is 0.438. The largest absolute Gasteiger partial charge is 0.333 e. The van der Waals surface area contributed by atoms with E-state index in [1.807, 2.05) is 46.6 Å². The summed E-state index contributed by atoms with van der Waals surface area (Å²) in [4.78, 5) is 16.8. The highest BCUT2D eigenvalue weighted by atomic mass is 32.1. The average Bonchev–Trinajstić information content (AvgIpc) is 3.28. The highest BCUT2D eigenvalue weighted by Crippen LogP contribution is 2.30. The second-order valence-electron chi connectivity index (χ2n) is 6.06. The smallest absolute Gasteiger partial charge is 0.264 e. The normalized spacial score (nSPS) is 18.2. The standard InChI is InChI=1S/C16H19N5OS/c1-11-13-9-14(23-16(13)19(2)18-11)15(22)21-8-3-5-12(21)10-20-7-4-6-17-20/h4,6-7,9,12H,3,5,8,10H2,1-2H3. The molecule has 0 N–H and O–H groups in total. The summed E-state index contributed by atoms with van der Waals surface area (Å²) in [6.07, 6.45) is 5.83. The van der Waals surface area contributed by atoms with Crippen molar-refractivity contribution in [1.29, 1.82) is 0 Å². The Labute approximate surface area is 138 Å². The van der Waals surface area contributed by atoms with Gasteiger partial charge in [-0.2, -0.15) is 10.2 Å². The van der Waals surface area contributed by atoms with Gasteiger partial charge in [-0.15, -0.1) is 11.3 Å². The summed E-state index contributed by atoms with van der Waals surface area (Å²) in [6.45, 7) is 3.58. The van der Waals surface area contributed by atoms with Crippen molar-refractivity contribution in [3.8, 4) is 0 Å². The number of likely N-dealkylation sites (tertiary alicyclic amines) is 1. The minimum absolute atomic E-state index is 0.139. The number of aromatic nitrogens is 4. The number of carbonyl (C=O) groups excluding carboxylic acids is 1. The highest BCUT2D eigenvalue weighted by Gasteiger charge is 2.31. The van der Waals surface area contributed by atoms with Crippen molar-refractivity contribution in [3.63, 3.8) is 0 Å². The third kappa shape index (κ3) is 2.45. The number of hydrogen-bond donors (Lipinski definition) is 0. The zero-order valence-corrected chi connectivity index (χ0v) is 14.1. The lowest BCUT2D eigenvalue weighted by atomic mass is 10.2. The van der Waals surface area contributed by atoms with Gasteiger partial charge in [0.2, 0.25) is 0 Å². The van der Waals surface area contributed by atoms with E-state index < -0.39 is 0 Å². The van der Waals surface area contributed by atoms with E-state index in [-0.39, 0.29) is 11.9 Å². The van der Waals surface area contributed by atoms with E-state index in [0.717, 1.165) is 46.7 Å². The van der Waals surface area contributed by atoms with E-state index in [9.17, 15) is 4.79 Å². The van der Waals surface area contributed by atoms with E-state index in [4.69, 9.17) is 0 Å². The Bertz CT molecular complexity index is 813. The minimum atomic E-state index is 0.139. The van der Waals surface area contributed by atoms with Gasteiger partial charge in [0.25, 0.3) is 5.91 Å². The van der Waals surface area contributed by atoms with Gasteiger partial charge in [-0.05, 0) is 31.9 Å². The Morgan fingerprint density at radius 1 is 1.48 bits per heavy atom. The summed E-state index contributed by atoms with van der Waals surface area (Å²) in [5, 5.41) is 9.76. The van der Waals surface area contributed by atoms with Gasteiger partial charge in [0, 0.05) is 31.4 Å². The van der Waals surface area contributed by atoms with Crippen LogP contribution in [0.25, 0.3) is 10.2 Å². The highest BCUT2D eigenvalue weighted by molar-refractivity contribution is 7.20. The molecule has 0 saturated carbocycles. The molecule has 1 fully saturated rings. The monoisotopic (exact) mass is 329 g/mol. The molecule has 4 rings (SSSR count). The molecule has 0 radical (unpaired) electrons. The molecule has 1 atom stereocenters. The van der Waals surface area contributed by atoms with E-state index in [1.165, 1.54) is 11.3 Å². The van der Waals surface area contributed by atoms with Crippen LogP contribution < -0.4 is 0 Å². The van der Waals surface area contributed by atoms with Crippen molar-refractivity contribution in [1.82, 2.24) is 24.5 Å². The lowest BCUT2D eigenvalue weighted by molar-refractivity contribution is 0.0726. The summed E-state index contributed by atoms with van der Waals surface area (Å²) in [5.41, 5.74) is 0.979. The molecule has 1 unspecified atom stereocenters. The first-order valence-electron chi connectivity index (χ1n) is 7.85. The molecule has 0 bridgehead atoms. The third-order valence-electron chi connectivity index (χ3n) is 4.50. The summed E-state index contributed by atoms with van der Waals surface area (Å²) in [6, 6.07) is 4.14. The SMILES string of the molecule is Cc1nn(C)c2sc(C(=O)N3CCCC3Cn3cccn3)cc12. The molecule has 1 aliphatic rings. The lowest BCUT2D eigenvalue weighted by Crippen LogP contribution is -2.37. The number of fused-ring (bicyclic) bond motifs is 1. The first-order valence-corrected chi connectivity index (χ1v) is 8.66. The predicted octanol–water partition coefficient (Wildman–Crippen LogP) is 2.44. The fourth-order valence-corrected chi connectivity index (χ4v) is 4.45. The minimum Gasteiger partial charge on any atom is -0.333 e. The van der Waals surface area contributed by atoms with Crippen LogP contribution in [0.4, 0.5) is 0 Å². The van der Waals surface area contributed by atoms with Crippen LogP contribution in [0.5, 0.6) is 0 Å². The Hall–Kier alpha value is -2.15. The van der Waals surface area contributed by atoms with Crippen molar-refractivity contribution in [3.05, 3.63) is 35.1 Å². The van der Waals surface area contributed by atoms with Gasteiger partial charge in [0.15, 0.2) is 0 Å². The van der Waals surface area contributed by atoms with Crippen LogP contribution >= 0.6 is 11.3 Å². The maximum Gasteiger partial charge on any atom is 0.264 e. The number of aryl methyl sites for hydroxylation is 2. The van der Waals surface area contributed by atoms with Crippen LogP contribution in [-0.2, 0) is 13.6 Å². The Morgan fingerprint density at radius 3 is 3.09 bits per heavy atom.